The molecule has 0 aromatic heterocycles. The van der Waals surface area contributed by atoms with Crippen LogP contribution in [-0.2, 0) is 14.3 Å². The van der Waals surface area contributed by atoms with Crippen LogP contribution >= 0.6 is 11.8 Å². The van der Waals surface area contributed by atoms with Crippen molar-refractivity contribution in [3.05, 3.63) is 35.9 Å². The first-order valence-corrected chi connectivity index (χ1v) is 7.57. The van der Waals surface area contributed by atoms with Gasteiger partial charge in [0.25, 0.3) is 0 Å². The van der Waals surface area contributed by atoms with Crippen molar-refractivity contribution < 1.29 is 24.7 Å². The van der Waals surface area contributed by atoms with Crippen molar-refractivity contribution in [3.8, 4) is 0 Å². The molecule has 1 aliphatic rings. The predicted octanol–water partition coefficient (Wildman–Crippen LogP) is -0.912. The van der Waals surface area contributed by atoms with Crippen LogP contribution in [-0.4, -0.2) is 35.7 Å². The van der Waals surface area contributed by atoms with E-state index in [9.17, 15) is 14.7 Å². The third-order valence-corrected chi connectivity index (χ3v) is 4.59. The molecule has 1 saturated heterocycles. The maximum atomic E-state index is 12.2. The first-order valence-electron chi connectivity index (χ1n) is 6.52. The number of carboxylic acid groups (broad SMARTS) is 1. The molecule has 0 unspecified atom stereocenters. The highest BCUT2D eigenvalue weighted by molar-refractivity contribution is 8.00. The molecule has 5 nitrogen and oxygen atoms in total. The molecule has 3 atom stereocenters. The maximum Gasteiger partial charge on any atom is 0.320 e. The fourth-order valence-corrected chi connectivity index (χ4v) is 3.70. The van der Waals surface area contributed by atoms with Crippen LogP contribution in [0.3, 0.4) is 0 Å². The van der Waals surface area contributed by atoms with Crippen LogP contribution in [0.15, 0.2) is 30.3 Å². The molecule has 20 heavy (non-hydrogen) atoms. The monoisotopic (exact) mass is 295 g/mol. The van der Waals surface area contributed by atoms with Crippen LogP contribution in [0.5, 0.6) is 0 Å². The molecular formula is C14H17NO4S. The van der Waals surface area contributed by atoms with Gasteiger partial charge in [0.1, 0.15) is 17.9 Å². The molecule has 0 saturated carbocycles. The van der Waals surface area contributed by atoms with Crippen LogP contribution in [0.1, 0.15) is 18.4 Å². The Hall–Kier alpha value is -1.53. The lowest BCUT2D eigenvalue weighted by Gasteiger charge is -2.20. The molecule has 0 aliphatic carbocycles. The van der Waals surface area contributed by atoms with Gasteiger partial charge in [-0.05, 0) is 12.5 Å². The van der Waals surface area contributed by atoms with Crippen molar-refractivity contribution in [2.75, 3.05) is 12.4 Å². The number of esters is 1. The quantitative estimate of drug-likeness (QED) is 0.711. The third kappa shape index (κ3) is 3.32. The van der Waals surface area contributed by atoms with E-state index in [1.54, 1.807) is 12.2 Å². The summed E-state index contributed by atoms with van der Waals surface area (Å²) in [6, 6.07) is 8.71. The summed E-state index contributed by atoms with van der Waals surface area (Å²) in [7, 11) is 0. The van der Waals surface area contributed by atoms with Crippen molar-refractivity contribution >= 4 is 23.7 Å². The molecule has 0 spiro atoms. The van der Waals surface area contributed by atoms with Crippen LogP contribution in [0.2, 0.25) is 0 Å². The van der Waals surface area contributed by atoms with Crippen LogP contribution < -0.4 is 10.4 Å². The summed E-state index contributed by atoms with van der Waals surface area (Å²) in [4.78, 5) is 23.1. The molecule has 1 heterocycles. The molecule has 2 N–H and O–H groups in total. The van der Waals surface area contributed by atoms with Gasteiger partial charge in [0, 0.05) is 0 Å². The van der Waals surface area contributed by atoms with E-state index in [2.05, 4.69) is 0 Å². The van der Waals surface area contributed by atoms with Crippen molar-refractivity contribution in [2.45, 2.75) is 24.3 Å². The van der Waals surface area contributed by atoms with Crippen LogP contribution in [0, 0.1) is 0 Å². The van der Waals surface area contributed by atoms with Gasteiger partial charge in [0.2, 0.25) is 0 Å². The Morgan fingerprint density at radius 3 is 2.70 bits per heavy atom. The minimum absolute atomic E-state index is 0.195. The molecule has 0 radical (unpaired) electrons. The minimum Gasteiger partial charge on any atom is -0.544 e. The number of quaternary nitrogens is 1. The number of ether oxygens (including phenoxy) is 1. The number of carbonyl (C=O) groups is 2. The molecular weight excluding hydrogens is 278 g/mol. The summed E-state index contributed by atoms with van der Waals surface area (Å²) in [5, 5.41) is 12.4. The molecule has 6 heteroatoms. The Balaban J connectivity index is 2.20. The lowest BCUT2D eigenvalue weighted by Crippen LogP contribution is -2.95. The number of carbonyl (C=O) groups excluding carboxylic acids is 2. The number of benzene rings is 1. The van der Waals surface area contributed by atoms with E-state index in [4.69, 9.17) is 4.74 Å². The van der Waals surface area contributed by atoms with Gasteiger partial charge in [-0.3, -0.25) is 4.79 Å². The maximum absolute atomic E-state index is 12.2. The highest BCUT2D eigenvalue weighted by Crippen LogP contribution is 2.29. The molecule has 2 rings (SSSR count). The van der Waals surface area contributed by atoms with E-state index in [1.807, 2.05) is 30.3 Å². The average Bonchev–Trinajstić information content (AvgIpc) is 2.90. The zero-order chi connectivity index (χ0) is 14.5. The number of nitrogens with two attached hydrogens (primary N) is 1. The van der Waals surface area contributed by atoms with Gasteiger partial charge in [-0.1, -0.05) is 42.1 Å². The Morgan fingerprint density at radius 2 is 2.15 bits per heavy atom. The minimum atomic E-state index is -1.09. The topological polar surface area (TPSA) is 83.0 Å². The fraction of sp³-hybridized carbons (Fsp3) is 0.429. The number of aliphatic carboxylic acids is 1. The lowest BCUT2D eigenvalue weighted by molar-refractivity contribution is -0.685. The number of hydrogen-bond acceptors (Lipinski definition) is 5. The molecule has 1 aliphatic heterocycles. The van der Waals surface area contributed by atoms with Gasteiger partial charge in [-0.25, -0.2) is 0 Å². The van der Waals surface area contributed by atoms with Gasteiger partial charge in [0.05, 0.1) is 12.4 Å². The van der Waals surface area contributed by atoms with Crippen LogP contribution in [0.4, 0.5) is 0 Å². The van der Waals surface area contributed by atoms with Crippen molar-refractivity contribution in [1.82, 2.24) is 0 Å². The van der Waals surface area contributed by atoms with Gasteiger partial charge < -0.3 is 20.0 Å². The highest BCUT2D eigenvalue weighted by atomic mass is 32.2. The molecule has 1 aromatic carbocycles. The fourth-order valence-electron chi connectivity index (χ4n) is 2.26. The van der Waals surface area contributed by atoms with E-state index in [1.165, 1.54) is 11.8 Å². The van der Waals surface area contributed by atoms with Gasteiger partial charge in [-0.15, -0.1) is 0 Å². The summed E-state index contributed by atoms with van der Waals surface area (Å²) in [5.74, 6) is -1.43. The second kappa shape index (κ2) is 6.76. The lowest BCUT2D eigenvalue weighted by atomic mass is 9.98. The van der Waals surface area contributed by atoms with Crippen molar-refractivity contribution in [2.24, 2.45) is 0 Å². The number of rotatable bonds is 5. The van der Waals surface area contributed by atoms with Gasteiger partial charge >= 0.3 is 5.97 Å². The Labute approximate surface area is 121 Å². The highest BCUT2D eigenvalue weighted by Gasteiger charge is 2.41. The van der Waals surface area contributed by atoms with Crippen molar-refractivity contribution in [3.63, 3.8) is 0 Å². The first-order chi connectivity index (χ1) is 9.63. The molecule has 1 fully saturated rings. The zero-order valence-corrected chi connectivity index (χ0v) is 12.0. The van der Waals surface area contributed by atoms with Gasteiger partial charge in [-0.2, -0.15) is 0 Å². The molecule has 108 valence electrons. The van der Waals surface area contributed by atoms with Gasteiger partial charge in [0.15, 0.2) is 5.37 Å². The summed E-state index contributed by atoms with van der Waals surface area (Å²) in [6.07, 6.45) is 0. The summed E-state index contributed by atoms with van der Waals surface area (Å²) in [5.41, 5.74) is 0.846. The second-order valence-corrected chi connectivity index (χ2v) is 5.77. The van der Waals surface area contributed by atoms with Crippen LogP contribution in [0.25, 0.3) is 0 Å². The van der Waals surface area contributed by atoms with E-state index in [0.29, 0.717) is 12.4 Å². The molecule has 1 aromatic rings. The standard InChI is InChI=1S/C14H17NO4S/c1-2-19-14(18)11(9-6-4-3-5-7-9)12-15-10(8-20-12)13(16)17/h3-7,10-12,15H,2,8H2,1H3,(H,16,17)/t10-,11+,12+/m0/s1. The number of carboxylic acids is 1. The zero-order valence-electron chi connectivity index (χ0n) is 11.2. The normalized spacial score (nSPS) is 23.2. The largest absolute Gasteiger partial charge is 0.544 e. The first kappa shape index (κ1) is 14.9. The number of thioether (sulfide) groups is 1. The third-order valence-electron chi connectivity index (χ3n) is 3.22. The Morgan fingerprint density at radius 1 is 1.45 bits per heavy atom. The second-order valence-electron chi connectivity index (χ2n) is 4.56. The molecule has 0 amide bonds. The summed E-state index contributed by atoms with van der Waals surface area (Å²) in [6.45, 7) is 2.07. The Kier molecular flexibility index (Phi) is 5.03. The SMILES string of the molecule is CCOC(=O)[C@H](c1ccccc1)[C@@H]1[NH2+][C@H](C(=O)[O-])CS1. The summed E-state index contributed by atoms with van der Waals surface area (Å²) >= 11 is 1.46. The number of hydrogen-bond donors (Lipinski definition) is 1. The van der Waals surface area contributed by atoms with E-state index in [0.717, 1.165) is 5.56 Å². The van der Waals surface area contributed by atoms with E-state index >= 15 is 0 Å². The Bertz CT molecular complexity index is 479. The van der Waals surface area contributed by atoms with E-state index < -0.39 is 17.9 Å². The summed E-state index contributed by atoms with van der Waals surface area (Å²) < 4.78 is 5.13. The van der Waals surface area contributed by atoms with Crippen molar-refractivity contribution in [1.29, 1.82) is 0 Å². The molecule has 0 bridgehead atoms. The smallest absolute Gasteiger partial charge is 0.320 e. The van der Waals surface area contributed by atoms with E-state index in [-0.39, 0.29) is 11.3 Å². The average molecular weight is 295 g/mol. The predicted molar refractivity (Wildman–Crippen MR) is 72.8 cm³/mol.